The van der Waals surface area contributed by atoms with E-state index in [-0.39, 0.29) is 41.8 Å². The number of hydrogen-bond donors (Lipinski definition) is 0. The maximum atomic E-state index is 12.8. The predicted octanol–water partition coefficient (Wildman–Crippen LogP) is 3.74. The Bertz CT molecular complexity index is 738. The van der Waals surface area contributed by atoms with Gasteiger partial charge >= 0.3 is 17.9 Å². The Kier molecular flexibility index (Phi) is 6.20. The lowest BCUT2D eigenvalue weighted by Crippen LogP contribution is -2.57. The standard InChI is InChI=1S/C23H32O6/c1-15-6-9-19-22(3,21(26)27-4)11-5-12-23(19,14-29-16(2)24)18(15)8-7-17-10-13-28-20(17)25/h10,18-19H,1,5-9,11-14H2,2-4H3/t18-,19-,22-,23-/m0/s1. The van der Waals surface area contributed by atoms with E-state index in [4.69, 9.17) is 14.2 Å². The van der Waals surface area contributed by atoms with E-state index in [0.29, 0.717) is 18.6 Å². The van der Waals surface area contributed by atoms with Crippen LogP contribution >= 0.6 is 0 Å². The van der Waals surface area contributed by atoms with Crippen molar-refractivity contribution in [1.29, 1.82) is 0 Å². The molecule has 0 spiro atoms. The molecular weight excluding hydrogens is 372 g/mol. The number of carbonyl (C=O) groups is 3. The van der Waals surface area contributed by atoms with Crippen LogP contribution in [0.15, 0.2) is 23.8 Å². The lowest BCUT2D eigenvalue weighted by molar-refractivity contribution is -0.178. The molecule has 2 fully saturated rings. The summed E-state index contributed by atoms with van der Waals surface area (Å²) in [5.41, 5.74) is 0.840. The topological polar surface area (TPSA) is 78.9 Å². The molecule has 3 rings (SSSR count). The van der Waals surface area contributed by atoms with Crippen LogP contribution in [0.25, 0.3) is 0 Å². The second kappa shape index (κ2) is 8.33. The minimum absolute atomic E-state index is 0.0376. The maximum Gasteiger partial charge on any atom is 0.334 e. The molecule has 6 heteroatoms. The molecule has 160 valence electrons. The number of fused-ring (bicyclic) bond motifs is 1. The first-order valence-corrected chi connectivity index (χ1v) is 10.5. The van der Waals surface area contributed by atoms with Crippen molar-refractivity contribution in [1.82, 2.24) is 0 Å². The lowest BCUT2D eigenvalue weighted by Gasteiger charge is -2.58. The van der Waals surface area contributed by atoms with Crippen LogP contribution in [0, 0.1) is 22.7 Å². The average Bonchev–Trinajstić information content (AvgIpc) is 3.10. The fraction of sp³-hybridized carbons (Fsp3) is 0.696. The number of allylic oxidation sites excluding steroid dienone is 1. The molecule has 0 aromatic rings. The van der Waals surface area contributed by atoms with Gasteiger partial charge in [0.05, 0.1) is 19.1 Å². The van der Waals surface area contributed by atoms with Crippen LogP contribution in [0.2, 0.25) is 0 Å². The highest BCUT2D eigenvalue weighted by Gasteiger charge is 2.60. The van der Waals surface area contributed by atoms with Crippen molar-refractivity contribution in [2.45, 2.75) is 58.8 Å². The van der Waals surface area contributed by atoms with Gasteiger partial charge in [-0.05, 0) is 63.4 Å². The van der Waals surface area contributed by atoms with Gasteiger partial charge in [0.25, 0.3) is 0 Å². The second-order valence-electron chi connectivity index (χ2n) is 8.94. The normalized spacial score (nSPS) is 34.1. The smallest absolute Gasteiger partial charge is 0.334 e. The molecule has 1 heterocycles. The van der Waals surface area contributed by atoms with Gasteiger partial charge in [0, 0.05) is 17.9 Å². The van der Waals surface area contributed by atoms with Gasteiger partial charge in [0.2, 0.25) is 0 Å². The summed E-state index contributed by atoms with van der Waals surface area (Å²) < 4.78 is 15.8. The molecule has 0 aromatic heterocycles. The summed E-state index contributed by atoms with van der Waals surface area (Å²) in [4.78, 5) is 36.4. The maximum absolute atomic E-state index is 12.8. The van der Waals surface area contributed by atoms with Crippen LogP contribution in [-0.2, 0) is 28.6 Å². The molecule has 0 saturated heterocycles. The molecule has 0 unspecified atom stereocenters. The average molecular weight is 405 g/mol. The van der Waals surface area contributed by atoms with E-state index in [9.17, 15) is 14.4 Å². The van der Waals surface area contributed by atoms with Crippen molar-refractivity contribution >= 4 is 17.9 Å². The van der Waals surface area contributed by atoms with Crippen LogP contribution in [0.1, 0.15) is 58.8 Å². The Morgan fingerprint density at radius 1 is 1.34 bits per heavy atom. The highest BCUT2D eigenvalue weighted by molar-refractivity contribution is 5.90. The highest BCUT2D eigenvalue weighted by Crippen LogP contribution is 2.62. The Morgan fingerprint density at radius 2 is 2.10 bits per heavy atom. The van der Waals surface area contributed by atoms with Crippen molar-refractivity contribution in [3.63, 3.8) is 0 Å². The number of hydrogen-bond acceptors (Lipinski definition) is 6. The minimum atomic E-state index is -0.613. The summed E-state index contributed by atoms with van der Waals surface area (Å²) >= 11 is 0. The van der Waals surface area contributed by atoms with E-state index < -0.39 is 5.41 Å². The molecular formula is C23H32O6. The van der Waals surface area contributed by atoms with Gasteiger partial charge < -0.3 is 14.2 Å². The molecule has 0 aromatic carbocycles. The second-order valence-corrected chi connectivity index (χ2v) is 8.94. The summed E-state index contributed by atoms with van der Waals surface area (Å²) in [6.45, 7) is 8.36. The van der Waals surface area contributed by atoms with E-state index in [1.54, 1.807) is 0 Å². The third-order valence-corrected chi connectivity index (χ3v) is 7.45. The molecule has 6 nitrogen and oxygen atoms in total. The van der Waals surface area contributed by atoms with Gasteiger partial charge in [-0.3, -0.25) is 9.59 Å². The van der Waals surface area contributed by atoms with Gasteiger partial charge in [-0.2, -0.15) is 0 Å². The van der Waals surface area contributed by atoms with Crippen LogP contribution in [0.5, 0.6) is 0 Å². The molecule has 0 amide bonds. The van der Waals surface area contributed by atoms with Crippen molar-refractivity contribution in [2.24, 2.45) is 22.7 Å². The fourth-order valence-corrected chi connectivity index (χ4v) is 6.08. The third kappa shape index (κ3) is 3.86. The zero-order valence-electron chi connectivity index (χ0n) is 17.8. The first-order chi connectivity index (χ1) is 13.7. The molecule has 3 aliphatic rings. The van der Waals surface area contributed by atoms with Crippen LogP contribution in [0.3, 0.4) is 0 Å². The third-order valence-electron chi connectivity index (χ3n) is 7.45. The van der Waals surface area contributed by atoms with E-state index >= 15 is 0 Å². The van der Waals surface area contributed by atoms with E-state index in [1.165, 1.54) is 14.0 Å². The summed E-state index contributed by atoms with van der Waals surface area (Å²) in [5, 5.41) is 0. The minimum Gasteiger partial charge on any atom is -0.469 e. The zero-order chi connectivity index (χ0) is 21.2. The number of cyclic esters (lactones) is 1. The van der Waals surface area contributed by atoms with Gasteiger partial charge in [0.15, 0.2) is 0 Å². The first kappa shape index (κ1) is 21.6. The molecule has 0 radical (unpaired) electrons. The Balaban J connectivity index is 1.95. The molecule has 0 bridgehead atoms. The summed E-state index contributed by atoms with van der Waals surface area (Å²) in [6.07, 6.45) is 7.32. The van der Waals surface area contributed by atoms with Gasteiger partial charge in [-0.1, -0.05) is 18.6 Å². The molecule has 0 N–H and O–H groups in total. The van der Waals surface area contributed by atoms with Crippen molar-refractivity contribution < 1.29 is 28.6 Å². The van der Waals surface area contributed by atoms with Crippen molar-refractivity contribution in [2.75, 3.05) is 20.3 Å². The number of ether oxygens (including phenoxy) is 3. The summed E-state index contributed by atoms with van der Waals surface area (Å²) in [7, 11) is 1.44. The summed E-state index contributed by atoms with van der Waals surface area (Å²) in [5.74, 6) is -0.655. The van der Waals surface area contributed by atoms with Gasteiger partial charge in [-0.25, -0.2) is 4.79 Å². The lowest BCUT2D eigenvalue weighted by atomic mass is 9.46. The molecule has 1 aliphatic heterocycles. The molecule has 29 heavy (non-hydrogen) atoms. The van der Waals surface area contributed by atoms with Crippen LogP contribution < -0.4 is 0 Å². The fourth-order valence-electron chi connectivity index (χ4n) is 6.08. The zero-order valence-corrected chi connectivity index (χ0v) is 17.8. The number of carbonyl (C=O) groups excluding carboxylic acids is 3. The Hall–Kier alpha value is -2.11. The quantitative estimate of drug-likeness (QED) is 0.381. The monoisotopic (exact) mass is 404 g/mol. The van der Waals surface area contributed by atoms with Crippen molar-refractivity contribution in [3.8, 4) is 0 Å². The van der Waals surface area contributed by atoms with Gasteiger partial charge in [0.1, 0.15) is 6.61 Å². The largest absolute Gasteiger partial charge is 0.469 e. The molecule has 2 saturated carbocycles. The molecule has 4 atom stereocenters. The molecule has 2 aliphatic carbocycles. The highest BCUT2D eigenvalue weighted by atomic mass is 16.5. The van der Waals surface area contributed by atoms with E-state index in [1.807, 2.05) is 13.0 Å². The van der Waals surface area contributed by atoms with E-state index in [0.717, 1.165) is 44.1 Å². The van der Waals surface area contributed by atoms with Crippen LogP contribution in [0.4, 0.5) is 0 Å². The van der Waals surface area contributed by atoms with Gasteiger partial charge in [-0.15, -0.1) is 0 Å². The van der Waals surface area contributed by atoms with E-state index in [2.05, 4.69) is 6.58 Å². The SMILES string of the molecule is C=C1CC[C@@H]2[C@](COC(C)=O)(CCC[C@]2(C)C(=O)OC)[C@H]1CCC1=CCOC1=O. The number of esters is 3. The Labute approximate surface area is 172 Å². The van der Waals surface area contributed by atoms with Crippen LogP contribution in [-0.4, -0.2) is 38.2 Å². The van der Waals surface area contributed by atoms with Crippen molar-refractivity contribution in [3.05, 3.63) is 23.8 Å². The first-order valence-electron chi connectivity index (χ1n) is 10.5. The Morgan fingerprint density at radius 3 is 2.72 bits per heavy atom. The summed E-state index contributed by atoms with van der Waals surface area (Å²) in [6, 6.07) is 0. The number of rotatable bonds is 6. The predicted molar refractivity (Wildman–Crippen MR) is 107 cm³/mol. The number of methoxy groups -OCH3 is 1.